The molecule has 0 amide bonds. The van der Waals surface area contributed by atoms with Gasteiger partial charge >= 0.3 is 0 Å². The van der Waals surface area contributed by atoms with E-state index in [0.29, 0.717) is 5.92 Å². The summed E-state index contributed by atoms with van der Waals surface area (Å²) < 4.78 is 5.83. The lowest BCUT2D eigenvalue weighted by Crippen LogP contribution is -2.35. The number of aliphatic hydroxyl groups is 1. The summed E-state index contributed by atoms with van der Waals surface area (Å²) in [6, 6.07) is 24.1. The molecule has 3 nitrogen and oxygen atoms in total. The molecule has 0 bridgehead atoms. The van der Waals surface area contributed by atoms with E-state index in [2.05, 4.69) is 23.5 Å². The van der Waals surface area contributed by atoms with Crippen LogP contribution < -0.4 is 5.32 Å². The van der Waals surface area contributed by atoms with Gasteiger partial charge in [-0.2, -0.15) is 0 Å². The fourth-order valence-electron chi connectivity index (χ4n) is 4.45. The van der Waals surface area contributed by atoms with Crippen LogP contribution in [-0.4, -0.2) is 5.11 Å². The zero-order chi connectivity index (χ0) is 19.2. The van der Waals surface area contributed by atoms with Gasteiger partial charge in [-0.05, 0) is 42.0 Å². The van der Waals surface area contributed by atoms with Crippen molar-refractivity contribution < 1.29 is 9.52 Å². The number of hydrogen-bond acceptors (Lipinski definition) is 3. The van der Waals surface area contributed by atoms with Crippen LogP contribution >= 0.6 is 0 Å². The lowest BCUT2D eigenvalue weighted by molar-refractivity contribution is 0.106. The predicted molar refractivity (Wildman–Crippen MR) is 112 cm³/mol. The lowest BCUT2D eigenvalue weighted by atomic mass is 9.82. The fourth-order valence-corrected chi connectivity index (χ4v) is 4.45. The maximum atomic E-state index is 11.3. The van der Waals surface area contributed by atoms with Crippen LogP contribution in [0, 0.1) is 5.92 Å². The van der Waals surface area contributed by atoms with Crippen molar-refractivity contribution in [3.8, 4) is 0 Å². The third-order valence-corrected chi connectivity index (χ3v) is 5.95. The Morgan fingerprint density at radius 1 is 0.786 bits per heavy atom. The van der Waals surface area contributed by atoms with Crippen molar-refractivity contribution in [1.82, 2.24) is 5.32 Å². The third kappa shape index (κ3) is 4.37. The van der Waals surface area contributed by atoms with E-state index in [4.69, 9.17) is 4.42 Å². The van der Waals surface area contributed by atoms with Gasteiger partial charge in [0, 0.05) is 0 Å². The second kappa shape index (κ2) is 9.22. The number of hydrogen-bond donors (Lipinski definition) is 2. The zero-order valence-electron chi connectivity index (χ0n) is 16.2. The average Bonchev–Trinajstić information content (AvgIpc) is 3.30. The highest BCUT2D eigenvalue weighted by Crippen LogP contribution is 2.38. The van der Waals surface area contributed by atoms with Crippen molar-refractivity contribution in [2.45, 2.75) is 50.3 Å². The molecule has 28 heavy (non-hydrogen) atoms. The minimum atomic E-state index is -0.635. The number of nitrogens with one attached hydrogen (secondary N) is 1. The summed E-state index contributed by atoms with van der Waals surface area (Å²) in [5.41, 5.74) is 2.01. The molecule has 1 fully saturated rings. The normalized spacial score (nSPS) is 18.5. The number of aliphatic hydroxyl groups excluding tert-OH is 1. The van der Waals surface area contributed by atoms with E-state index < -0.39 is 6.10 Å². The van der Waals surface area contributed by atoms with Gasteiger partial charge in [-0.15, -0.1) is 0 Å². The van der Waals surface area contributed by atoms with Crippen LogP contribution in [0.2, 0.25) is 0 Å². The molecule has 3 atom stereocenters. The van der Waals surface area contributed by atoms with Crippen molar-refractivity contribution in [1.29, 1.82) is 0 Å². The average molecular weight is 376 g/mol. The van der Waals surface area contributed by atoms with Gasteiger partial charge in [-0.25, -0.2) is 0 Å². The van der Waals surface area contributed by atoms with Crippen LogP contribution in [0.3, 0.4) is 0 Å². The summed E-state index contributed by atoms with van der Waals surface area (Å²) in [5.74, 6) is 1.49. The maximum absolute atomic E-state index is 11.3. The zero-order valence-corrected chi connectivity index (χ0v) is 16.2. The van der Waals surface area contributed by atoms with E-state index in [-0.39, 0.29) is 12.1 Å². The highest BCUT2D eigenvalue weighted by molar-refractivity contribution is 5.27. The fraction of sp³-hybridized carbons (Fsp3) is 0.360. The van der Waals surface area contributed by atoms with E-state index in [0.717, 1.165) is 16.9 Å². The molecule has 146 valence electrons. The molecule has 0 spiro atoms. The second-order valence-electron chi connectivity index (χ2n) is 7.80. The Kier molecular flexibility index (Phi) is 6.25. The SMILES string of the molecule is O[C@H](c1ccccc1)[C@@H](N[C@H](c1ccco1)C1CCCCC1)c1ccccc1. The summed E-state index contributed by atoms with van der Waals surface area (Å²) in [6.07, 6.45) is 7.35. The van der Waals surface area contributed by atoms with Gasteiger partial charge in [0.05, 0.1) is 24.5 Å². The highest BCUT2D eigenvalue weighted by atomic mass is 16.3. The molecule has 4 rings (SSSR count). The van der Waals surface area contributed by atoms with Crippen LogP contribution in [0.5, 0.6) is 0 Å². The molecule has 3 heteroatoms. The van der Waals surface area contributed by atoms with E-state index in [9.17, 15) is 5.11 Å². The van der Waals surface area contributed by atoms with Crippen molar-refractivity contribution in [2.75, 3.05) is 0 Å². The molecule has 2 N–H and O–H groups in total. The summed E-state index contributed by atoms with van der Waals surface area (Å²) in [7, 11) is 0. The quantitative estimate of drug-likeness (QED) is 0.535. The number of benzene rings is 2. The topological polar surface area (TPSA) is 45.4 Å². The molecule has 0 radical (unpaired) electrons. The molecule has 1 heterocycles. The van der Waals surface area contributed by atoms with Crippen LogP contribution in [0.25, 0.3) is 0 Å². The van der Waals surface area contributed by atoms with Gasteiger partial charge in [0.2, 0.25) is 0 Å². The first-order valence-corrected chi connectivity index (χ1v) is 10.4. The van der Waals surface area contributed by atoms with Crippen molar-refractivity contribution >= 4 is 0 Å². The van der Waals surface area contributed by atoms with E-state index in [1.54, 1.807) is 6.26 Å². The van der Waals surface area contributed by atoms with Gasteiger partial charge in [0.25, 0.3) is 0 Å². The van der Waals surface area contributed by atoms with E-state index in [1.807, 2.05) is 54.6 Å². The van der Waals surface area contributed by atoms with Crippen molar-refractivity contribution in [2.24, 2.45) is 5.92 Å². The Balaban J connectivity index is 1.66. The third-order valence-electron chi connectivity index (χ3n) is 5.95. The molecule has 1 aromatic heterocycles. The number of furan rings is 1. The van der Waals surface area contributed by atoms with E-state index >= 15 is 0 Å². The van der Waals surface area contributed by atoms with Crippen molar-refractivity contribution in [3.63, 3.8) is 0 Å². The summed E-state index contributed by atoms with van der Waals surface area (Å²) in [6.45, 7) is 0. The smallest absolute Gasteiger partial charge is 0.120 e. The molecule has 0 saturated heterocycles. The molecule has 2 aromatic carbocycles. The van der Waals surface area contributed by atoms with Crippen LogP contribution in [0.1, 0.15) is 67.2 Å². The minimum absolute atomic E-state index is 0.0962. The summed E-state index contributed by atoms with van der Waals surface area (Å²) in [5, 5.41) is 15.1. The second-order valence-corrected chi connectivity index (χ2v) is 7.80. The molecule has 1 aliphatic carbocycles. The van der Waals surface area contributed by atoms with Gasteiger partial charge in [0.1, 0.15) is 5.76 Å². The molecule has 1 aliphatic rings. The molecular formula is C25H29NO2. The number of rotatable bonds is 7. The van der Waals surface area contributed by atoms with Gasteiger partial charge < -0.3 is 9.52 Å². The highest BCUT2D eigenvalue weighted by Gasteiger charge is 2.32. The first kappa shape index (κ1) is 19.0. The van der Waals surface area contributed by atoms with Gasteiger partial charge in [0.15, 0.2) is 0 Å². The first-order chi connectivity index (χ1) is 13.8. The molecule has 3 aromatic rings. The molecule has 0 aliphatic heterocycles. The van der Waals surface area contributed by atoms with E-state index in [1.165, 1.54) is 32.1 Å². The first-order valence-electron chi connectivity index (χ1n) is 10.4. The standard InChI is InChI=1S/C25H29NO2/c27-25(21-15-8-3-9-16-21)24(20-13-6-2-7-14-20)26-23(22-17-10-18-28-22)19-11-4-1-5-12-19/h2-3,6-10,13-19,23-27H,1,4-5,11-12H2/t23-,24-,25+/m0/s1. The monoisotopic (exact) mass is 375 g/mol. The minimum Gasteiger partial charge on any atom is -0.468 e. The van der Waals surface area contributed by atoms with Crippen molar-refractivity contribution in [3.05, 3.63) is 95.9 Å². The largest absolute Gasteiger partial charge is 0.468 e. The van der Waals surface area contributed by atoms with Crippen LogP contribution in [0.4, 0.5) is 0 Å². The molecule has 1 saturated carbocycles. The van der Waals surface area contributed by atoms with Gasteiger partial charge in [-0.1, -0.05) is 79.9 Å². The summed E-state index contributed by atoms with van der Waals surface area (Å²) in [4.78, 5) is 0. The predicted octanol–water partition coefficient (Wildman–Crippen LogP) is 5.97. The molecular weight excluding hydrogens is 346 g/mol. The Morgan fingerprint density at radius 2 is 1.43 bits per heavy atom. The maximum Gasteiger partial charge on any atom is 0.120 e. The Labute approximate surface area is 167 Å². The Morgan fingerprint density at radius 3 is 2.04 bits per heavy atom. The Bertz CT molecular complexity index is 810. The lowest BCUT2D eigenvalue weighted by Gasteiger charge is -2.35. The summed E-state index contributed by atoms with van der Waals surface area (Å²) >= 11 is 0. The Hall–Kier alpha value is -2.36. The van der Waals surface area contributed by atoms with Gasteiger partial charge in [-0.3, -0.25) is 5.32 Å². The van der Waals surface area contributed by atoms with Crippen LogP contribution in [0.15, 0.2) is 83.5 Å². The molecule has 0 unspecified atom stereocenters. The van der Waals surface area contributed by atoms with Crippen LogP contribution in [-0.2, 0) is 0 Å².